The van der Waals surface area contributed by atoms with E-state index in [0.29, 0.717) is 0 Å². The van der Waals surface area contributed by atoms with Crippen LogP contribution in [0.15, 0.2) is 0 Å². The largest absolute Gasteiger partial charge is 0.460 e. The molecule has 0 saturated carbocycles. The SMILES string of the molecule is CCOCCC(F)(F)C(F)(F)C(F)(F)C(F)(F)C(F)(F)C(F)(F)C(F)(F)C(F)(F)C(F)(F)C(F)(F)F. The molecule has 36 heavy (non-hydrogen) atoms. The molecular formula is C14H9F21O. The van der Waals surface area contributed by atoms with Crippen molar-refractivity contribution >= 4 is 0 Å². The third-order valence-corrected chi connectivity index (χ3v) is 4.34. The first-order chi connectivity index (χ1) is 15.3. The molecule has 0 radical (unpaired) electrons. The minimum atomic E-state index is -9.15. The standard InChI is InChI=1S/C14H9F21O/c1-2-36-4-3-5(15,16)6(17,18)7(19,20)8(21,22)9(23,24)10(25,26)11(27,28)12(29,30)13(31,32)14(33,34)35/h2-4H2,1H3. The summed E-state index contributed by atoms with van der Waals surface area (Å²) in [5.41, 5.74) is 0. The Bertz CT molecular complexity index is 763. The fourth-order valence-corrected chi connectivity index (χ4v) is 2.09. The van der Waals surface area contributed by atoms with Gasteiger partial charge >= 0.3 is 59.5 Å². The molecule has 218 valence electrons. The Balaban J connectivity index is 6.89. The predicted molar refractivity (Wildman–Crippen MR) is 71.7 cm³/mol. The van der Waals surface area contributed by atoms with Gasteiger partial charge in [0, 0.05) is 13.0 Å². The maximum Gasteiger partial charge on any atom is 0.460 e. The predicted octanol–water partition coefficient (Wildman–Crippen LogP) is 7.69. The van der Waals surface area contributed by atoms with Crippen molar-refractivity contribution in [2.75, 3.05) is 13.2 Å². The molecule has 0 heterocycles. The molecule has 0 aromatic carbocycles. The van der Waals surface area contributed by atoms with Crippen LogP contribution in [0.2, 0.25) is 0 Å². The van der Waals surface area contributed by atoms with Crippen LogP contribution in [0.3, 0.4) is 0 Å². The number of alkyl halides is 21. The molecule has 0 unspecified atom stereocenters. The molecule has 0 aromatic rings. The Hall–Kier alpha value is -1.51. The lowest BCUT2D eigenvalue weighted by molar-refractivity contribution is -0.474. The summed E-state index contributed by atoms with van der Waals surface area (Å²) >= 11 is 0. The van der Waals surface area contributed by atoms with Crippen LogP contribution in [0.25, 0.3) is 0 Å². The van der Waals surface area contributed by atoms with Gasteiger partial charge in [-0.3, -0.25) is 0 Å². The second-order valence-corrected chi connectivity index (χ2v) is 6.74. The molecule has 0 spiro atoms. The van der Waals surface area contributed by atoms with Crippen molar-refractivity contribution in [1.29, 1.82) is 0 Å². The summed E-state index contributed by atoms with van der Waals surface area (Å²) in [7, 11) is 0. The third kappa shape index (κ3) is 4.41. The van der Waals surface area contributed by atoms with Crippen molar-refractivity contribution in [1.82, 2.24) is 0 Å². The topological polar surface area (TPSA) is 9.23 Å². The number of rotatable bonds is 12. The Kier molecular flexibility index (Phi) is 8.67. The average Bonchev–Trinajstić information content (AvgIpc) is 2.65. The molecule has 22 heteroatoms. The van der Waals surface area contributed by atoms with Crippen LogP contribution in [0.1, 0.15) is 13.3 Å². The second kappa shape index (κ2) is 9.05. The van der Waals surface area contributed by atoms with Crippen molar-refractivity contribution in [2.45, 2.75) is 72.8 Å². The van der Waals surface area contributed by atoms with E-state index in [4.69, 9.17) is 0 Å². The molecule has 0 aliphatic heterocycles. The monoisotopic (exact) mass is 592 g/mol. The van der Waals surface area contributed by atoms with E-state index in [1.807, 2.05) is 0 Å². The lowest BCUT2D eigenvalue weighted by Crippen LogP contribution is -2.76. The molecule has 0 amide bonds. The maximum absolute atomic E-state index is 13.5. The highest BCUT2D eigenvalue weighted by molar-refractivity contribution is 5.17. The van der Waals surface area contributed by atoms with Gasteiger partial charge in [0.25, 0.3) is 0 Å². The minimum absolute atomic E-state index is 0.635. The lowest BCUT2D eigenvalue weighted by atomic mass is 9.86. The van der Waals surface area contributed by atoms with Gasteiger partial charge in [-0.15, -0.1) is 0 Å². The Morgan fingerprint density at radius 1 is 0.389 bits per heavy atom. The summed E-state index contributed by atoms with van der Waals surface area (Å²) in [6.45, 7) is -1.39. The molecule has 1 nitrogen and oxygen atoms in total. The number of hydrogen-bond donors (Lipinski definition) is 0. The molecule has 0 aromatic heterocycles. The van der Waals surface area contributed by atoms with Crippen LogP contribution in [0, 0.1) is 0 Å². The highest BCUT2D eigenvalue weighted by Crippen LogP contribution is 2.66. The normalized spacial score (nSPS) is 16.5. The van der Waals surface area contributed by atoms with Crippen LogP contribution in [-0.2, 0) is 4.74 Å². The van der Waals surface area contributed by atoms with E-state index in [9.17, 15) is 92.2 Å². The van der Waals surface area contributed by atoms with Crippen molar-refractivity contribution in [3.05, 3.63) is 0 Å². The highest BCUT2D eigenvalue weighted by atomic mass is 19.4. The van der Waals surface area contributed by atoms with Gasteiger partial charge in [-0.1, -0.05) is 0 Å². The molecule has 0 rings (SSSR count). The Morgan fingerprint density at radius 2 is 0.639 bits per heavy atom. The van der Waals surface area contributed by atoms with Gasteiger partial charge in [0.1, 0.15) is 0 Å². The molecule has 0 atom stereocenters. The van der Waals surface area contributed by atoms with Gasteiger partial charge in [0.15, 0.2) is 0 Å². The van der Waals surface area contributed by atoms with Crippen LogP contribution in [0.5, 0.6) is 0 Å². The van der Waals surface area contributed by atoms with Crippen LogP contribution >= 0.6 is 0 Å². The summed E-state index contributed by atoms with van der Waals surface area (Å²) in [6.07, 6.45) is -10.7. The molecule has 0 aliphatic carbocycles. The molecule has 0 aliphatic rings. The van der Waals surface area contributed by atoms with Crippen LogP contribution in [0.4, 0.5) is 92.2 Å². The molecule has 0 saturated heterocycles. The summed E-state index contributed by atoms with van der Waals surface area (Å²) in [6, 6.07) is 0. The third-order valence-electron chi connectivity index (χ3n) is 4.34. The van der Waals surface area contributed by atoms with Gasteiger partial charge in [-0.25, -0.2) is 0 Å². The summed E-state index contributed by atoms with van der Waals surface area (Å²) in [5.74, 6) is -76.6. The summed E-state index contributed by atoms with van der Waals surface area (Å²) < 4.78 is 279. The molecule has 0 bridgehead atoms. The van der Waals surface area contributed by atoms with Gasteiger partial charge in [-0.05, 0) is 6.92 Å². The smallest absolute Gasteiger partial charge is 0.382 e. The molecule has 0 N–H and O–H groups in total. The first-order valence-electron chi connectivity index (χ1n) is 8.36. The van der Waals surface area contributed by atoms with Crippen LogP contribution in [-0.4, -0.2) is 72.7 Å². The Labute approximate surface area is 184 Å². The molecular weight excluding hydrogens is 583 g/mol. The van der Waals surface area contributed by atoms with E-state index in [2.05, 4.69) is 4.74 Å². The van der Waals surface area contributed by atoms with E-state index < -0.39 is 79.1 Å². The fourth-order valence-electron chi connectivity index (χ4n) is 2.09. The zero-order valence-corrected chi connectivity index (χ0v) is 16.5. The van der Waals surface area contributed by atoms with Crippen molar-refractivity contribution in [2.24, 2.45) is 0 Å². The second-order valence-electron chi connectivity index (χ2n) is 6.74. The summed E-state index contributed by atoms with van der Waals surface area (Å²) in [5, 5.41) is 0. The lowest BCUT2D eigenvalue weighted by Gasteiger charge is -2.44. The van der Waals surface area contributed by atoms with Gasteiger partial charge in [-0.2, -0.15) is 92.2 Å². The van der Waals surface area contributed by atoms with Gasteiger partial charge in [0.05, 0.1) is 6.61 Å². The molecule has 0 fully saturated rings. The highest BCUT2D eigenvalue weighted by Gasteiger charge is 2.97. The summed E-state index contributed by atoms with van der Waals surface area (Å²) in [4.78, 5) is 0. The van der Waals surface area contributed by atoms with Gasteiger partial charge in [0.2, 0.25) is 0 Å². The van der Waals surface area contributed by atoms with E-state index in [-0.39, 0.29) is 0 Å². The number of halogens is 21. The van der Waals surface area contributed by atoms with E-state index in [1.165, 1.54) is 0 Å². The van der Waals surface area contributed by atoms with E-state index >= 15 is 0 Å². The first kappa shape index (κ1) is 34.5. The average molecular weight is 592 g/mol. The van der Waals surface area contributed by atoms with E-state index in [1.54, 1.807) is 0 Å². The van der Waals surface area contributed by atoms with Crippen molar-refractivity contribution < 1.29 is 96.9 Å². The quantitative estimate of drug-likeness (QED) is 0.167. The first-order valence-corrected chi connectivity index (χ1v) is 8.36. The van der Waals surface area contributed by atoms with Gasteiger partial charge < -0.3 is 4.74 Å². The Morgan fingerprint density at radius 3 is 0.889 bits per heavy atom. The van der Waals surface area contributed by atoms with Crippen molar-refractivity contribution in [3.8, 4) is 0 Å². The zero-order chi connectivity index (χ0) is 29.8. The van der Waals surface area contributed by atoms with Crippen molar-refractivity contribution in [3.63, 3.8) is 0 Å². The van der Waals surface area contributed by atoms with Crippen LogP contribution < -0.4 is 0 Å². The zero-order valence-electron chi connectivity index (χ0n) is 16.5. The van der Waals surface area contributed by atoms with E-state index in [0.717, 1.165) is 6.92 Å². The minimum Gasteiger partial charge on any atom is -0.382 e. The number of ether oxygens (including phenoxy) is 1. The fraction of sp³-hybridized carbons (Fsp3) is 1.00. The maximum atomic E-state index is 13.5. The number of hydrogen-bond acceptors (Lipinski definition) is 1.